The number of aryl methyl sites for hydroxylation is 1. The molecule has 0 amide bonds. The van der Waals surface area contributed by atoms with Crippen LogP contribution < -0.4 is 0 Å². The first kappa shape index (κ1) is 9.29. The second kappa shape index (κ2) is 3.74. The van der Waals surface area contributed by atoms with Gasteiger partial charge in [-0.3, -0.25) is 0 Å². The third kappa shape index (κ3) is 1.86. The van der Waals surface area contributed by atoms with E-state index in [1.54, 1.807) is 6.07 Å². The van der Waals surface area contributed by atoms with Crippen molar-refractivity contribution in [1.82, 2.24) is 0 Å². The molecular weight excluding hydrogens is 160 g/mol. The van der Waals surface area contributed by atoms with Gasteiger partial charge >= 0.3 is 0 Å². The van der Waals surface area contributed by atoms with Crippen LogP contribution in [0.5, 0.6) is 0 Å². The second-order valence-corrected chi connectivity index (χ2v) is 2.98. The fraction of sp³-hybridized carbons (Fsp3) is 0.273. The quantitative estimate of drug-likeness (QED) is 0.570. The Morgan fingerprint density at radius 1 is 1.31 bits per heavy atom. The first-order chi connectivity index (χ1) is 6.19. The van der Waals surface area contributed by atoms with E-state index >= 15 is 0 Å². The summed E-state index contributed by atoms with van der Waals surface area (Å²) in [6, 6.07) is 5.37. The molecule has 1 unspecified atom stereocenters. The lowest BCUT2D eigenvalue weighted by Crippen LogP contribution is -1.88. The van der Waals surface area contributed by atoms with Gasteiger partial charge in [0.2, 0.25) is 6.04 Å². The average Bonchev–Trinajstić information content (AvgIpc) is 2.16. The molecule has 64 valence electrons. The molecule has 0 fully saturated rings. The van der Waals surface area contributed by atoms with Crippen LogP contribution in [-0.2, 0) is 0 Å². The van der Waals surface area contributed by atoms with Crippen molar-refractivity contribution in [3.63, 3.8) is 0 Å². The molecule has 0 N–H and O–H groups in total. The summed E-state index contributed by atoms with van der Waals surface area (Å²) in [7, 11) is 0. The summed E-state index contributed by atoms with van der Waals surface area (Å²) in [6.45, 7) is 17.6. The molecule has 2 nitrogen and oxygen atoms in total. The number of hydrogen-bond donors (Lipinski definition) is 0. The van der Waals surface area contributed by atoms with Gasteiger partial charge in [-0.25, -0.2) is 11.4 Å². The summed E-state index contributed by atoms with van der Waals surface area (Å²) in [5, 5.41) is 0. The van der Waals surface area contributed by atoms with Gasteiger partial charge in [-0.05, 0) is 6.92 Å². The summed E-state index contributed by atoms with van der Waals surface area (Å²) in [5.41, 5.74) is 2.53. The van der Waals surface area contributed by atoms with Gasteiger partial charge in [-0.15, -0.1) is 0 Å². The highest BCUT2D eigenvalue weighted by atomic mass is 14.7. The van der Waals surface area contributed by atoms with E-state index in [4.69, 9.17) is 13.1 Å². The van der Waals surface area contributed by atoms with Crippen LogP contribution in [-0.4, -0.2) is 0 Å². The molecule has 13 heavy (non-hydrogen) atoms. The van der Waals surface area contributed by atoms with Crippen LogP contribution in [0.1, 0.15) is 24.1 Å². The molecule has 0 aliphatic carbocycles. The van der Waals surface area contributed by atoms with Crippen molar-refractivity contribution >= 4 is 5.69 Å². The Balaban J connectivity index is 3.27. The van der Waals surface area contributed by atoms with Gasteiger partial charge in [0.1, 0.15) is 0 Å². The minimum Gasteiger partial charge on any atom is -0.310 e. The Morgan fingerprint density at radius 2 is 2.00 bits per heavy atom. The van der Waals surface area contributed by atoms with Gasteiger partial charge in [0.25, 0.3) is 0 Å². The molecule has 0 spiro atoms. The van der Waals surface area contributed by atoms with Crippen molar-refractivity contribution in [3.8, 4) is 0 Å². The zero-order chi connectivity index (χ0) is 9.84. The lowest BCUT2D eigenvalue weighted by atomic mass is 10.0. The maximum Gasteiger partial charge on any atom is 0.237 e. The largest absolute Gasteiger partial charge is 0.310 e. The zero-order valence-corrected chi connectivity index (χ0v) is 7.70. The first-order valence-electron chi connectivity index (χ1n) is 4.03. The maximum atomic E-state index is 6.95. The zero-order valence-electron chi connectivity index (χ0n) is 7.70. The van der Waals surface area contributed by atoms with E-state index in [9.17, 15) is 0 Å². The minimum absolute atomic E-state index is 0.219. The average molecular weight is 170 g/mol. The lowest BCUT2D eigenvalue weighted by Gasteiger charge is -2.03. The van der Waals surface area contributed by atoms with Crippen molar-refractivity contribution in [2.75, 3.05) is 0 Å². The maximum absolute atomic E-state index is 6.95. The van der Waals surface area contributed by atoms with Crippen LogP contribution in [0.2, 0.25) is 0 Å². The van der Waals surface area contributed by atoms with Crippen molar-refractivity contribution < 1.29 is 0 Å². The van der Waals surface area contributed by atoms with Gasteiger partial charge in [-0.2, -0.15) is 0 Å². The van der Waals surface area contributed by atoms with Crippen molar-refractivity contribution in [3.05, 3.63) is 52.2 Å². The van der Waals surface area contributed by atoms with Crippen molar-refractivity contribution in [1.29, 1.82) is 0 Å². The molecule has 0 radical (unpaired) electrons. The van der Waals surface area contributed by atoms with Gasteiger partial charge in [0.05, 0.1) is 6.57 Å². The molecule has 0 aromatic heterocycles. The van der Waals surface area contributed by atoms with Crippen LogP contribution in [0, 0.1) is 20.1 Å². The molecule has 0 bridgehead atoms. The van der Waals surface area contributed by atoms with Crippen LogP contribution in [0.4, 0.5) is 5.69 Å². The van der Waals surface area contributed by atoms with E-state index in [0.717, 1.165) is 11.1 Å². The summed E-state index contributed by atoms with van der Waals surface area (Å²) in [6.07, 6.45) is 0. The van der Waals surface area contributed by atoms with E-state index in [1.807, 2.05) is 26.0 Å². The highest BCUT2D eigenvalue weighted by Gasteiger charge is 2.13. The molecule has 0 saturated carbocycles. The molecular formula is C11H10N2. The molecule has 1 atom stereocenters. The summed E-state index contributed by atoms with van der Waals surface area (Å²) >= 11 is 0. The Hall–Kier alpha value is -1.80. The Labute approximate surface area is 78.5 Å². The predicted octanol–water partition coefficient (Wildman–Crippen LogP) is 3.53. The molecule has 0 aliphatic heterocycles. The third-order valence-corrected chi connectivity index (χ3v) is 1.95. The molecule has 1 aromatic carbocycles. The van der Waals surface area contributed by atoms with Gasteiger partial charge in [0.15, 0.2) is 5.69 Å². The summed E-state index contributed by atoms with van der Waals surface area (Å²) in [4.78, 5) is 6.80. The number of nitrogens with zero attached hydrogens (tertiary/aromatic N) is 2. The highest BCUT2D eigenvalue weighted by molar-refractivity contribution is 5.55. The highest BCUT2D eigenvalue weighted by Crippen LogP contribution is 2.28. The van der Waals surface area contributed by atoms with Crippen LogP contribution >= 0.6 is 0 Å². The number of rotatable bonds is 1. The molecule has 0 heterocycles. The van der Waals surface area contributed by atoms with E-state index in [0.29, 0.717) is 5.69 Å². The predicted molar refractivity (Wildman–Crippen MR) is 52.5 cm³/mol. The number of benzene rings is 1. The lowest BCUT2D eigenvalue weighted by molar-refractivity contribution is 0.964. The first-order valence-corrected chi connectivity index (χ1v) is 4.03. The van der Waals surface area contributed by atoms with Crippen molar-refractivity contribution in [2.24, 2.45) is 0 Å². The monoisotopic (exact) mass is 170 g/mol. The topological polar surface area (TPSA) is 8.72 Å². The van der Waals surface area contributed by atoms with Gasteiger partial charge in [-0.1, -0.05) is 23.8 Å². The molecule has 0 saturated heterocycles. The normalized spacial score (nSPS) is 11.4. The van der Waals surface area contributed by atoms with Gasteiger partial charge in [0, 0.05) is 12.5 Å². The Bertz CT molecular complexity index is 394. The van der Waals surface area contributed by atoms with Crippen LogP contribution in [0.15, 0.2) is 18.2 Å². The van der Waals surface area contributed by atoms with Crippen molar-refractivity contribution in [2.45, 2.75) is 19.9 Å². The summed E-state index contributed by atoms with van der Waals surface area (Å²) in [5.74, 6) is 0. The fourth-order valence-corrected chi connectivity index (χ4v) is 1.18. The molecule has 1 rings (SSSR count). The minimum atomic E-state index is -0.219. The molecule has 0 aliphatic rings. The van der Waals surface area contributed by atoms with Crippen LogP contribution in [0.3, 0.4) is 0 Å². The fourth-order valence-electron chi connectivity index (χ4n) is 1.18. The standard InChI is InChI=1S/C11H10N2/c1-8-5-6-11(13-4)10(7-8)9(2)12-3/h5-7,9H,1-2H3. The third-order valence-electron chi connectivity index (χ3n) is 1.95. The Kier molecular flexibility index (Phi) is 2.67. The SMILES string of the molecule is [C-]#[N+]c1ccc(C)cc1C(C)[N+]#[C-]. The van der Waals surface area contributed by atoms with Gasteiger partial charge < -0.3 is 4.85 Å². The summed E-state index contributed by atoms with van der Waals surface area (Å²) < 4.78 is 0. The molecule has 1 aromatic rings. The smallest absolute Gasteiger partial charge is 0.237 e. The van der Waals surface area contributed by atoms with E-state index in [2.05, 4.69) is 9.69 Å². The van der Waals surface area contributed by atoms with Crippen LogP contribution in [0.25, 0.3) is 9.69 Å². The molecule has 2 heteroatoms. The second-order valence-electron chi connectivity index (χ2n) is 2.98. The van der Waals surface area contributed by atoms with E-state index < -0.39 is 0 Å². The van der Waals surface area contributed by atoms with E-state index in [-0.39, 0.29) is 6.04 Å². The van der Waals surface area contributed by atoms with E-state index in [1.165, 1.54) is 0 Å². The number of hydrogen-bond acceptors (Lipinski definition) is 0. The Morgan fingerprint density at radius 3 is 2.54 bits per heavy atom.